The van der Waals surface area contributed by atoms with Gasteiger partial charge in [-0.2, -0.15) is 0 Å². The molecule has 0 aromatic carbocycles. The fourth-order valence-corrected chi connectivity index (χ4v) is 2.98. The molecule has 0 fully saturated rings. The predicted octanol–water partition coefficient (Wildman–Crippen LogP) is 4.16. The van der Waals surface area contributed by atoms with Crippen LogP contribution in [0.4, 0.5) is 0 Å². The van der Waals surface area contributed by atoms with Crippen molar-refractivity contribution in [3.63, 3.8) is 0 Å². The average molecular weight is 369 g/mol. The second-order valence-electron chi connectivity index (χ2n) is 6.81. The van der Waals surface area contributed by atoms with Crippen molar-refractivity contribution in [2.45, 2.75) is 103 Å². The Labute approximate surface area is 158 Å². The Morgan fingerprint density at radius 1 is 0.846 bits per heavy atom. The van der Waals surface area contributed by atoms with Gasteiger partial charge in [-0.05, 0) is 19.3 Å². The number of hydrogen-bond donors (Lipinski definition) is 1. The molecule has 0 spiro atoms. The van der Waals surface area contributed by atoms with Gasteiger partial charge in [-0.1, -0.05) is 44.9 Å². The molecule has 5 nitrogen and oxygen atoms in total. The minimum atomic E-state index is -0.619. The summed E-state index contributed by atoms with van der Waals surface area (Å²) in [6, 6.07) is 0. The highest BCUT2D eigenvalue weighted by atomic mass is 16.6. The minimum Gasteiger partial charge on any atom is -0.462 e. The summed E-state index contributed by atoms with van der Waals surface area (Å²) in [5, 5.41) is 9.29. The van der Waals surface area contributed by atoms with Crippen LogP contribution in [0.1, 0.15) is 90.9 Å². The Kier molecular flexibility index (Phi) is 15.9. The number of carbonyl (C=O) groups is 2. The standard InChI is InChI=1S/C21H36O5/c1-4-5-6-7-8-9-10-11-12-13-14-15-20(25-18(2)23)16-21(17-22)26-19(3)24/h1,20-22H,5-17H2,2-3H3. The Hall–Kier alpha value is -1.54. The Morgan fingerprint density at radius 2 is 1.31 bits per heavy atom. The lowest BCUT2D eigenvalue weighted by Gasteiger charge is -2.22. The van der Waals surface area contributed by atoms with E-state index in [1.807, 2.05) is 0 Å². The molecule has 0 radical (unpaired) electrons. The molecule has 0 bridgehead atoms. The zero-order chi connectivity index (χ0) is 19.6. The molecule has 0 aliphatic heterocycles. The molecule has 0 heterocycles. The van der Waals surface area contributed by atoms with Gasteiger partial charge in [0.25, 0.3) is 0 Å². The topological polar surface area (TPSA) is 72.8 Å². The number of unbranched alkanes of at least 4 members (excludes halogenated alkanes) is 9. The Morgan fingerprint density at radius 3 is 1.77 bits per heavy atom. The molecule has 0 saturated carbocycles. The van der Waals surface area contributed by atoms with Crippen molar-refractivity contribution in [3.05, 3.63) is 0 Å². The van der Waals surface area contributed by atoms with Gasteiger partial charge in [0, 0.05) is 26.7 Å². The molecular formula is C21H36O5. The van der Waals surface area contributed by atoms with Crippen molar-refractivity contribution in [3.8, 4) is 12.3 Å². The summed E-state index contributed by atoms with van der Waals surface area (Å²) in [4.78, 5) is 22.3. The van der Waals surface area contributed by atoms with Crippen molar-refractivity contribution in [1.29, 1.82) is 0 Å². The van der Waals surface area contributed by atoms with Crippen molar-refractivity contribution < 1.29 is 24.2 Å². The van der Waals surface area contributed by atoms with Crippen LogP contribution in [0.15, 0.2) is 0 Å². The van der Waals surface area contributed by atoms with Crippen molar-refractivity contribution in [2.75, 3.05) is 6.61 Å². The van der Waals surface area contributed by atoms with Gasteiger partial charge in [-0.15, -0.1) is 12.3 Å². The summed E-state index contributed by atoms with van der Waals surface area (Å²) < 4.78 is 10.3. The third-order valence-electron chi connectivity index (χ3n) is 4.24. The predicted molar refractivity (Wildman–Crippen MR) is 102 cm³/mol. The lowest BCUT2D eigenvalue weighted by atomic mass is 10.0. The van der Waals surface area contributed by atoms with E-state index >= 15 is 0 Å². The van der Waals surface area contributed by atoms with Crippen LogP contribution in [-0.2, 0) is 19.1 Å². The molecular weight excluding hydrogens is 332 g/mol. The van der Waals surface area contributed by atoms with E-state index in [-0.39, 0.29) is 18.7 Å². The van der Waals surface area contributed by atoms with Gasteiger partial charge in [0.05, 0.1) is 6.61 Å². The van der Waals surface area contributed by atoms with Crippen LogP contribution in [0, 0.1) is 12.3 Å². The van der Waals surface area contributed by atoms with Crippen LogP contribution in [0.25, 0.3) is 0 Å². The zero-order valence-electron chi connectivity index (χ0n) is 16.5. The van der Waals surface area contributed by atoms with E-state index in [4.69, 9.17) is 15.9 Å². The second-order valence-corrected chi connectivity index (χ2v) is 6.81. The van der Waals surface area contributed by atoms with Crippen molar-refractivity contribution in [2.24, 2.45) is 0 Å². The van der Waals surface area contributed by atoms with Gasteiger partial charge < -0.3 is 14.6 Å². The normalized spacial score (nSPS) is 12.8. The molecule has 2 unspecified atom stereocenters. The number of hydrogen-bond acceptors (Lipinski definition) is 5. The van der Waals surface area contributed by atoms with Gasteiger partial charge in [0.1, 0.15) is 12.2 Å². The van der Waals surface area contributed by atoms with Crippen LogP contribution < -0.4 is 0 Å². The van der Waals surface area contributed by atoms with Gasteiger partial charge in [-0.25, -0.2) is 0 Å². The van der Waals surface area contributed by atoms with Crippen LogP contribution in [0.2, 0.25) is 0 Å². The first-order chi connectivity index (χ1) is 12.5. The molecule has 0 amide bonds. The molecule has 0 rings (SSSR count). The smallest absolute Gasteiger partial charge is 0.302 e. The number of rotatable bonds is 16. The fraction of sp³-hybridized carbons (Fsp3) is 0.810. The summed E-state index contributed by atoms with van der Waals surface area (Å²) in [5.41, 5.74) is 0. The first-order valence-corrected chi connectivity index (χ1v) is 9.88. The number of aliphatic hydroxyl groups excluding tert-OH is 1. The highest BCUT2D eigenvalue weighted by molar-refractivity contribution is 5.66. The third-order valence-corrected chi connectivity index (χ3v) is 4.24. The molecule has 0 saturated heterocycles. The van der Waals surface area contributed by atoms with Gasteiger partial charge in [-0.3, -0.25) is 9.59 Å². The highest BCUT2D eigenvalue weighted by Crippen LogP contribution is 2.16. The summed E-state index contributed by atoms with van der Waals surface area (Å²) in [6.45, 7) is 2.41. The molecule has 26 heavy (non-hydrogen) atoms. The van der Waals surface area contributed by atoms with Gasteiger partial charge >= 0.3 is 11.9 Å². The molecule has 0 aliphatic rings. The molecule has 0 aromatic heterocycles. The number of ether oxygens (including phenoxy) is 2. The van der Waals surface area contributed by atoms with Crippen LogP contribution in [0.5, 0.6) is 0 Å². The van der Waals surface area contributed by atoms with Crippen molar-refractivity contribution >= 4 is 11.9 Å². The van der Waals surface area contributed by atoms with E-state index in [1.165, 1.54) is 52.4 Å². The Balaban J connectivity index is 3.85. The summed E-state index contributed by atoms with van der Waals surface area (Å²) in [5.74, 6) is 1.88. The van der Waals surface area contributed by atoms with E-state index in [0.717, 1.165) is 32.1 Å². The van der Waals surface area contributed by atoms with Crippen LogP contribution in [-0.4, -0.2) is 35.9 Å². The quantitative estimate of drug-likeness (QED) is 0.252. The molecule has 5 heteroatoms. The van der Waals surface area contributed by atoms with Crippen LogP contribution >= 0.6 is 0 Å². The molecule has 150 valence electrons. The maximum atomic E-state index is 11.2. The zero-order valence-corrected chi connectivity index (χ0v) is 16.5. The lowest BCUT2D eigenvalue weighted by molar-refractivity contribution is -0.154. The third kappa shape index (κ3) is 16.0. The van der Waals surface area contributed by atoms with E-state index in [1.54, 1.807) is 0 Å². The highest BCUT2D eigenvalue weighted by Gasteiger charge is 2.20. The van der Waals surface area contributed by atoms with E-state index < -0.39 is 12.1 Å². The van der Waals surface area contributed by atoms with Gasteiger partial charge in [0.15, 0.2) is 0 Å². The van der Waals surface area contributed by atoms with Gasteiger partial charge in [0.2, 0.25) is 0 Å². The largest absolute Gasteiger partial charge is 0.462 e. The molecule has 2 atom stereocenters. The fourth-order valence-electron chi connectivity index (χ4n) is 2.98. The second kappa shape index (κ2) is 16.9. The number of terminal acetylenes is 1. The summed E-state index contributed by atoms with van der Waals surface area (Å²) in [6.07, 6.45) is 16.8. The van der Waals surface area contributed by atoms with E-state index in [2.05, 4.69) is 5.92 Å². The SMILES string of the molecule is C#CCCCCCCCCCCCC(CC(CO)OC(C)=O)OC(C)=O. The average Bonchev–Trinajstić information content (AvgIpc) is 2.57. The first-order valence-electron chi connectivity index (χ1n) is 9.88. The number of esters is 2. The lowest BCUT2D eigenvalue weighted by Crippen LogP contribution is -2.28. The maximum absolute atomic E-state index is 11.2. The van der Waals surface area contributed by atoms with Crippen molar-refractivity contribution in [1.82, 2.24) is 0 Å². The monoisotopic (exact) mass is 368 g/mol. The van der Waals surface area contributed by atoms with E-state index in [9.17, 15) is 14.7 Å². The summed E-state index contributed by atoms with van der Waals surface area (Å²) in [7, 11) is 0. The summed E-state index contributed by atoms with van der Waals surface area (Å²) >= 11 is 0. The molecule has 0 aromatic rings. The Bertz CT molecular complexity index is 413. The molecule has 0 aliphatic carbocycles. The molecule has 1 N–H and O–H groups in total. The minimum absolute atomic E-state index is 0.265. The van der Waals surface area contributed by atoms with Crippen LogP contribution in [0.3, 0.4) is 0 Å². The van der Waals surface area contributed by atoms with E-state index in [0.29, 0.717) is 6.42 Å². The first kappa shape index (κ1) is 24.5. The number of aliphatic hydroxyl groups is 1. The maximum Gasteiger partial charge on any atom is 0.302 e. The number of carbonyl (C=O) groups excluding carboxylic acids is 2.